The van der Waals surface area contributed by atoms with Gasteiger partial charge in [0.25, 0.3) is 0 Å². The lowest BCUT2D eigenvalue weighted by molar-refractivity contribution is 0.0279. The predicted octanol–water partition coefficient (Wildman–Crippen LogP) is 5.43. The van der Waals surface area contributed by atoms with Gasteiger partial charge < -0.3 is 14.4 Å². The average molecular weight is 362 g/mol. The first-order chi connectivity index (χ1) is 11.7. The lowest BCUT2D eigenvalue weighted by atomic mass is 10.2. The fraction of sp³-hybridized carbons (Fsp3) is 0.450. The smallest absolute Gasteiger partial charge is 0.410 e. The monoisotopic (exact) mass is 361 g/mol. The molecule has 1 heterocycles. The summed E-state index contributed by atoms with van der Waals surface area (Å²) in [7, 11) is 1.76. The summed E-state index contributed by atoms with van der Waals surface area (Å²) in [6.45, 7) is 8.21. The van der Waals surface area contributed by atoms with Crippen molar-refractivity contribution in [3.63, 3.8) is 0 Å². The van der Waals surface area contributed by atoms with Crippen molar-refractivity contribution in [1.29, 1.82) is 0 Å². The van der Waals surface area contributed by atoms with Gasteiger partial charge in [0.2, 0.25) is 0 Å². The van der Waals surface area contributed by atoms with Crippen molar-refractivity contribution in [2.45, 2.75) is 45.8 Å². The summed E-state index contributed by atoms with van der Waals surface area (Å²) >= 11 is 1.66. The first kappa shape index (κ1) is 19.3. The van der Waals surface area contributed by atoms with Crippen LogP contribution in [-0.4, -0.2) is 30.2 Å². The van der Waals surface area contributed by atoms with Crippen molar-refractivity contribution >= 4 is 17.4 Å². The van der Waals surface area contributed by atoms with Crippen molar-refractivity contribution in [3.8, 4) is 5.75 Å². The number of carbonyl (C=O) groups is 1. The van der Waals surface area contributed by atoms with Gasteiger partial charge >= 0.3 is 6.09 Å². The molecular weight excluding hydrogens is 334 g/mol. The number of ether oxygens (including phenoxy) is 2. The van der Waals surface area contributed by atoms with E-state index >= 15 is 0 Å². The summed E-state index contributed by atoms with van der Waals surface area (Å²) in [6.07, 6.45) is 0.296. The first-order valence-electron chi connectivity index (χ1n) is 8.45. The zero-order valence-electron chi connectivity index (χ0n) is 15.6. The number of nitrogens with zero attached hydrogens (tertiary/aromatic N) is 1. The Labute approximate surface area is 154 Å². The molecule has 0 saturated carbocycles. The number of hydrogen-bond acceptors (Lipinski definition) is 4. The third-order valence-corrected chi connectivity index (χ3v) is 4.52. The molecule has 0 aliphatic carbocycles. The maximum Gasteiger partial charge on any atom is 0.410 e. The van der Waals surface area contributed by atoms with Crippen molar-refractivity contribution in [2.24, 2.45) is 0 Å². The molecule has 1 unspecified atom stereocenters. The van der Waals surface area contributed by atoms with E-state index in [1.165, 1.54) is 0 Å². The van der Waals surface area contributed by atoms with E-state index in [-0.39, 0.29) is 12.2 Å². The van der Waals surface area contributed by atoms with E-state index in [4.69, 9.17) is 9.47 Å². The summed E-state index contributed by atoms with van der Waals surface area (Å²) in [4.78, 5) is 14.9. The second kappa shape index (κ2) is 8.39. The van der Waals surface area contributed by atoms with Gasteiger partial charge in [-0.1, -0.05) is 18.2 Å². The predicted molar refractivity (Wildman–Crippen MR) is 102 cm³/mol. The van der Waals surface area contributed by atoms with Gasteiger partial charge in [0.05, 0.1) is 0 Å². The molecule has 0 spiro atoms. The van der Waals surface area contributed by atoms with Gasteiger partial charge in [-0.2, -0.15) is 0 Å². The highest BCUT2D eigenvalue weighted by Crippen LogP contribution is 2.28. The molecule has 2 rings (SSSR count). The van der Waals surface area contributed by atoms with Crippen LogP contribution in [0.15, 0.2) is 41.8 Å². The van der Waals surface area contributed by atoms with Crippen molar-refractivity contribution in [3.05, 3.63) is 52.2 Å². The normalized spacial score (nSPS) is 12.5. The van der Waals surface area contributed by atoms with Gasteiger partial charge in [-0.25, -0.2) is 4.79 Å². The Balaban J connectivity index is 2.01. The maximum absolute atomic E-state index is 12.1. The number of aryl methyl sites for hydroxylation is 1. The molecular formula is C20H27NO3S. The van der Waals surface area contributed by atoms with Crippen LogP contribution in [0.1, 0.15) is 43.7 Å². The van der Waals surface area contributed by atoms with Crippen LogP contribution >= 0.6 is 11.3 Å². The SMILES string of the molecule is Cc1cccc(OC(CCN(C)C(=O)OC(C)(C)C)c2cccs2)c1. The largest absolute Gasteiger partial charge is 0.485 e. The second-order valence-electron chi connectivity index (χ2n) is 7.13. The van der Waals surface area contributed by atoms with Crippen LogP contribution in [0.2, 0.25) is 0 Å². The van der Waals surface area contributed by atoms with Gasteiger partial charge in [0.1, 0.15) is 17.5 Å². The highest BCUT2D eigenvalue weighted by molar-refractivity contribution is 7.10. The summed E-state index contributed by atoms with van der Waals surface area (Å²) in [6, 6.07) is 12.1. The van der Waals surface area contributed by atoms with E-state index in [0.29, 0.717) is 13.0 Å². The highest BCUT2D eigenvalue weighted by Gasteiger charge is 2.22. The van der Waals surface area contributed by atoms with Crippen molar-refractivity contribution in [1.82, 2.24) is 4.90 Å². The summed E-state index contributed by atoms with van der Waals surface area (Å²) < 4.78 is 11.6. The minimum absolute atomic E-state index is 0.0910. The number of benzene rings is 1. The zero-order chi connectivity index (χ0) is 18.4. The number of amides is 1. The van der Waals surface area contributed by atoms with Gasteiger partial charge in [-0.3, -0.25) is 0 Å². The Morgan fingerprint density at radius 2 is 2.00 bits per heavy atom. The van der Waals surface area contributed by atoms with Gasteiger partial charge in [0, 0.05) is 24.9 Å². The second-order valence-corrected chi connectivity index (χ2v) is 8.11. The van der Waals surface area contributed by atoms with Gasteiger partial charge in [0.15, 0.2) is 0 Å². The minimum atomic E-state index is -0.490. The molecule has 0 bridgehead atoms. The Kier molecular flexibility index (Phi) is 6.48. The van der Waals surface area contributed by atoms with Crippen molar-refractivity contribution < 1.29 is 14.3 Å². The van der Waals surface area contributed by atoms with Crippen LogP contribution in [0.3, 0.4) is 0 Å². The third kappa shape index (κ3) is 6.42. The van der Waals surface area contributed by atoms with Crippen LogP contribution in [0, 0.1) is 6.92 Å². The zero-order valence-corrected chi connectivity index (χ0v) is 16.4. The Morgan fingerprint density at radius 3 is 2.60 bits per heavy atom. The van der Waals surface area contributed by atoms with E-state index in [1.54, 1.807) is 23.3 Å². The molecule has 136 valence electrons. The van der Waals surface area contributed by atoms with E-state index in [2.05, 4.69) is 6.07 Å². The van der Waals surface area contributed by atoms with Crippen molar-refractivity contribution in [2.75, 3.05) is 13.6 Å². The lowest BCUT2D eigenvalue weighted by Gasteiger charge is -2.26. The first-order valence-corrected chi connectivity index (χ1v) is 9.33. The lowest BCUT2D eigenvalue weighted by Crippen LogP contribution is -2.35. The molecule has 1 aromatic carbocycles. The number of rotatable bonds is 6. The molecule has 4 nitrogen and oxygen atoms in total. The topological polar surface area (TPSA) is 38.8 Å². The van der Waals surface area contributed by atoms with Crippen LogP contribution in [0.4, 0.5) is 4.79 Å². The quantitative estimate of drug-likeness (QED) is 0.688. The van der Waals surface area contributed by atoms with E-state index < -0.39 is 5.60 Å². The van der Waals surface area contributed by atoms with Gasteiger partial charge in [-0.05, 0) is 56.8 Å². The molecule has 1 aromatic heterocycles. The van der Waals surface area contributed by atoms with E-state index in [0.717, 1.165) is 16.2 Å². The summed E-state index contributed by atoms with van der Waals surface area (Å²) in [5, 5.41) is 2.04. The molecule has 5 heteroatoms. The molecule has 2 aromatic rings. The molecule has 0 aliphatic rings. The third-order valence-electron chi connectivity index (χ3n) is 3.56. The van der Waals surface area contributed by atoms with E-state index in [1.807, 2.05) is 63.4 Å². The van der Waals surface area contributed by atoms with Crippen LogP contribution in [0.25, 0.3) is 0 Å². The fourth-order valence-electron chi connectivity index (χ4n) is 2.33. The van der Waals surface area contributed by atoms with E-state index in [9.17, 15) is 4.79 Å². The highest BCUT2D eigenvalue weighted by atomic mass is 32.1. The average Bonchev–Trinajstić information content (AvgIpc) is 3.03. The van der Waals surface area contributed by atoms with Crippen LogP contribution < -0.4 is 4.74 Å². The minimum Gasteiger partial charge on any atom is -0.485 e. The molecule has 1 amide bonds. The maximum atomic E-state index is 12.1. The molecule has 25 heavy (non-hydrogen) atoms. The molecule has 0 N–H and O–H groups in total. The molecule has 1 atom stereocenters. The molecule has 0 aliphatic heterocycles. The summed E-state index contributed by atoms with van der Waals surface area (Å²) in [5.74, 6) is 0.846. The molecule has 0 fully saturated rings. The molecule has 0 radical (unpaired) electrons. The standard InChI is InChI=1S/C20H27NO3S/c1-15-8-6-9-16(14-15)23-17(18-10-7-13-25-18)11-12-21(5)19(22)24-20(2,3)4/h6-10,13-14,17H,11-12H2,1-5H3. The fourth-order valence-corrected chi connectivity index (χ4v) is 3.12. The van der Waals surface area contributed by atoms with Gasteiger partial charge in [-0.15, -0.1) is 11.3 Å². The number of hydrogen-bond donors (Lipinski definition) is 0. The summed E-state index contributed by atoms with van der Waals surface area (Å²) in [5.41, 5.74) is 0.671. The Hall–Kier alpha value is -2.01. The Bertz CT molecular complexity index is 676. The molecule has 0 saturated heterocycles. The van der Waals surface area contributed by atoms with Crippen LogP contribution in [-0.2, 0) is 4.74 Å². The van der Waals surface area contributed by atoms with Crippen LogP contribution in [0.5, 0.6) is 5.75 Å². The Morgan fingerprint density at radius 1 is 1.24 bits per heavy atom. The number of thiophene rings is 1. The number of carbonyl (C=O) groups excluding carboxylic acids is 1.